The molecule has 3 heteroatoms. The van der Waals surface area contributed by atoms with Crippen LogP contribution in [0.1, 0.15) is 11.1 Å². The highest BCUT2D eigenvalue weighted by atomic mass is 35.5. The van der Waals surface area contributed by atoms with Crippen LogP contribution in [0.4, 0.5) is 0 Å². The van der Waals surface area contributed by atoms with E-state index >= 15 is 0 Å². The summed E-state index contributed by atoms with van der Waals surface area (Å²) in [5.74, 6) is 6.36. The first-order chi connectivity index (χ1) is 15.2. The lowest BCUT2D eigenvalue weighted by molar-refractivity contribution is 0.583. The van der Waals surface area contributed by atoms with Crippen molar-refractivity contribution >= 4 is 41.6 Å². The van der Waals surface area contributed by atoms with Crippen molar-refractivity contribution in [3.05, 3.63) is 131 Å². The zero-order chi connectivity index (χ0) is 21.5. The van der Waals surface area contributed by atoms with Gasteiger partial charge in [-0.15, -0.1) is 0 Å². The van der Waals surface area contributed by atoms with Crippen LogP contribution in [0.2, 0.25) is 5.02 Å². The molecule has 1 N–H and O–H groups in total. The van der Waals surface area contributed by atoms with E-state index in [1.165, 1.54) is 0 Å². The monoisotopic (exact) mass is 436 g/mol. The Hall–Kier alpha value is -3.35. The van der Waals surface area contributed by atoms with Crippen LogP contribution in [-0.4, -0.2) is 13.1 Å². The minimum absolute atomic E-state index is 0.582. The molecule has 0 aliphatic rings. The smallest absolute Gasteiger partial charge is 0.286 e. The van der Waals surface area contributed by atoms with Gasteiger partial charge in [0.05, 0.1) is 0 Å². The lowest BCUT2D eigenvalue weighted by atomic mass is 10.2. The molecule has 0 amide bonds. The molecule has 31 heavy (non-hydrogen) atoms. The van der Waals surface area contributed by atoms with E-state index in [9.17, 15) is 4.80 Å². The van der Waals surface area contributed by atoms with Gasteiger partial charge in [-0.3, -0.25) is 0 Å². The summed E-state index contributed by atoms with van der Waals surface area (Å²) in [5.41, 5.74) is 1.87. The van der Waals surface area contributed by atoms with E-state index < -0.39 is 8.32 Å². The Bertz CT molecular complexity index is 1200. The van der Waals surface area contributed by atoms with E-state index in [2.05, 4.69) is 11.8 Å². The maximum atomic E-state index is 12.3. The fourth-order valence-corrected chi connectivity index (χ4v) is 7.05. The second kappa shape index (κ2) is 9.64. The highest BCUT2D eigenvalue weighted by molar-refractivity contribution is 7.06. The van der Waals surface area contributed by atoms with Crippen molar-refractivity contribution < 1.29 is 4.80 Å². The predicted octanol–water partition coefficient (Wildman–Crippen LogP) is 4.36. The third kappa shape index (κ3) is 4.71. The summed E-state index contributed by atoms with van der Waals surface area (Å²) >= 11 is 6.39. The summed E-state index contributed by atoms with van der Waals surface area (Å²) in [4.78, 5) is 12.3. The van der Waals surface area contributed by atoms with Gasteiger partial charge in [-0.05, 0) is 51.5 Å². The molecule has 0 heterocycles. The maximum Gasteiger partial charge on any atom is 0.286 e. The van der Waals surface area contributed by atoms with E-state index in [-0.39, 0.29) is 0 Å². The normalized spacial score (nSPS) is 11.2. The Morgan fingerprint density at radius 2 is 1.26 bits per heavy atom. The molecular formula is C28H21ClOSi. The van der Waals surface area contributed by atoms with Crippen LogP contribution in [0.15, 0.2) is 115 Å². The molecule has 4 rings (SSSR count). The van der Waals surface area contributed by atoms with Gasteiger partial charge < -0.3 is 4.80 Å². The number of hydrogen-bond donors (Lipinski definition) is 1. The largest absolute Gasteiger partial charge is 0.421 e. The fourth-order valence-electron chi connectivity index (χ4n) is 3.58. The first-order valence-corrected chi connectivity index (χ1v) is 12.4. The van der Waals surface area contributed by atoms with Gasteiger partial charge in [-0.2, -0.15) is 0 Å². The number of hydrogen-bond acceptors (Lipinski definition) is 1. The number of benzene rings is 4. The lowest BCUT2D eigenvalue weighted by Crippen LogP contribution is -2.68. The van der Waals surface area contributed by atoms with Crippen LogP contribution in [-0.2, 0) is 0 Å². The minimum Gasteiger partial charge on any atom is -0.421 e. The number of allylic oxidation sites excluding steroid dienone is 1. The van der Waals surface area contributed by atoms with Crippen molar-refractivity contribution in [1.29, 1.82) is 0 Å². The SMILES string of the molecule is O[Si](c1ccccc1)(c1ccccc1)c1cc(Cl)ccc1C#C/C=C/c1ccccc1. The summed E-state index contributed by atoms with van der Waals surface area (Å²) in [6, 6.07) is 35.3. The van der Waals surface area contributed by atoms with Crippen LogP contribution < -0.4 is 15.6 Å². The van der Waals surface area contributed by atoms with Gasteiger partial charge in [0.2, 0.25) is 0 Å². The average molecular weight is 437 g/mol. The van der Waals surface area contributed by atoms with E-state index in [0.29, 0.717) is 5.02 Å². The molecular weight excluding hydrogens is 416 g/mol. The van der Waals surface area contributed by atoms with Crippen molar-refractivity contribution in [3.8, 4) is 11.8 Å². The predicted molar refractivity (Wildman–Crippen MR) is 134 cm³/mol. The van der Waals surface area contributed by atoms with Crippen LogP contribution >= 0.6 is 11.6 Å². The summed E-state index contributed by atoms with van der Waals surface area (Å²) in [5, 5.41) is 3.16. The molecule has 0 saturated heterocycles. The lowest BCUT2D eigenvalue weighted by Gasteiger charge is -2.28. The Morgan fingerprint density at radius 3 is 1.84 bits per heavy atom. The summed E-state index contributed by atoms with van der Waals surface area (Å²) < 4.78 is 0. The van der Waals surface area contributed by atoms with Crippen molar-refractivity contribution in [1.82, 2.24) is 0 Å². The third-order valence-electron chi connectivity index (χ3n) is 5.12. The van der Waals surface area contributed by atoms with Crippen molar-refractivity contribution in [2.45, 2.75) is 0 Å². The van der Waals surface area contributed by atoms with Crippen LogP contribution in [0.5, 0.6) is 0 Å². The van der Waals surface area contributed by atoms with E-state index in [1.54, 1.807) is 0 Å². The molecule has 0 saturated carbocycles. The molecule has 4 aromatic carbocycles. The maximum absolute atomic E-state index is 12.3. The Labute approximate surface area is 189 Å². The van der Waals surface area contributed by atoms with E-state index in [0.717, 1.165) is 26.7 Å². The Kier molecular flexibility index (Phi) is 6.50. The molecule has 0 spiro atoms. The molecule has 0 radical (unpaired) electrons. The standard InChI is InChI=1S/C28H21ClOSi/c29-25-21-20-24(15-11-10-14-23-12-4-1-5-13-23)28(22-25)31(30,26-16-6-2-7-17-26)27-18-8-3-9-19-27/h1-10,12-14,16-22,30H/b14-10+. The molecule has 0 atom stereocenters. The zero-order valence-electron chi connectivity index (χ0n) is 16.9. The van der Waals surface area contributed by atoms with E-state index in [1.807, 2.05) is 121 Å². The number of halogens is 1. The molecule has 0 bridgehead atoms. The van der Waals surface area contributed by atoms with Crippen LogP contribution in [0, 0.1) is 11.8 Å². The highest BCUT2D eigenvalue weighted by Gasteiger charge is 2.40. The quantitative estimate of drug-likeness (QED) is 0.286. The molecule has 1 nitrogen and oxygen atoms in total. The van der Waals surface area contributed by atoms with Gasteiger partial charge in [-0.25, -0.2) is 0 Å². The van der Waals surface area contributed by atoms with Gasteiger partial charge in [0.25, 0.3) is 8.32 Å². The third-order valence-corrected chi connectivity index (χ3v) is 8.89. The molecule has 150 valence electrons. The van der Waals surface area contributed by atoms with Crippen LogP contribution in [0.25, 0.3) is 6.08 Å². The van der Waals surface area contributed by atoms with Gasteiger partial charge in [0, 0.05) is 10.6 Å². The minimum atomic E-state index is -3.29. The topological polar surface area (TPSA) is 20.2 Å². The first kappa shape index (κ1) is 20.9. The fraction of sp³-hybridized carbons (Fsp3) is 0. The Morgan fingerprint density at radius 1 is 0.710 bits per heavy atom. The molecule has 4 aromatic rings. The van der Waals surface area contributed by atoms with Gasteiger partial charge >= 0.3 is 0 Å². The molecule has 0 fully saturated rings. The van der Waals surface area contributed by atoms with Gasteiger partial charge in [0.15, 0.2) is 0 Å². The highest BCUT2D eigenvalue weighted by Crippen LogP contribution is 2.13. The van der Waals surface area contributed by atoms with Crippen LogP contribution in [0.3, 0.4) is 0 Å². The average Bonchev–Trinajstić information content (AvgIpc) is 2.84. The van der Waals surface area contributed by atoms with Crippen molar-refractivity contribution in [2.75, 3.05) is 0 Å². The second-order valence-corrected chi connectivity index (χ2v) is 10.7. The molecule has 0 unspecified atom stereocenters. The van der Waals surface area contributed by atoms with Crippen molar-refractivity contribution in [2.24, 2.45) is 0 Å². The summed E-state index contributed by atoms with van der Waals surface area (Å²) in [6.45, 7) is 0. The number of rotatable bonds is 4. The second-order valence-electron chi connectivity index (χ2n) is 7.15. The Balaban J connectivity index is 1.83. The molecule has 0 aliphatic carbocycles. The van der Waals surface area contributed by atoms with Gasteiger partial charge in [-0.1, -0.05) is 114 Å². The first-order valence-electron chi connectivity index (χ1n) is 10.0. The van der Waals surface area contributed by atoms with Crippen molar-refractivity contribution in [3.63, 3.8) is 0 Å². The summed E-state index contributed by atoms with van der Waals surface area (Å²) in [7, 11) is -3.29. The van der Waals surface area contributed by atoms with Gasteiger partial charge in [0.1, 0.15) is 0 Å². The summed E-state index contributed by atoms with van der Waals surface area (Å²) in [6.07, 6.45) is 3.81. The molecule has 0 aliphatic heterocycles. The molecule has 0 aromatic heterocycles. The van der Waals surface area contributed by atoms with E-state index in [4.69, 9.17) is 11.6 Å². The zero-order valence-corrected chi connectivity index (χ0v) is 18.6.